The van der Waals surface area contributed by atoms with Gasteiger partial charge in [0.15, 0.2) is 35.1 Å². The Hall–Kier alpha value is -3.24. The van der Waals surface area contributed by atoms with Gasteiger partial charge in [0.05, 0.1) is 32.2 Å². The fourth-order valence-electron chi connectivity index (χ4n) is 5.40. The number of anilines is 1. The van der Waals surface area contributed by atoms with Crippen LogP contribution in [-0.4, -0.2) is 109 Å². The Labute approximate surface area is 249 Å². The van der Waals surface area contributed by atoms with E-state index in [1.165, 1.54) is 15.5 Å². The number of H-pyrrole nitrogens is 1. The molecule has 242 valence electrons. The van der Waals surface area contributed by atoms with E-state index in [2.05, 4.69) is 29.9 Å². The molecule has 7 heterocycles. The summed E-state index contributed by atoms with van der Waals surface area (Å²) >= 11 is 0. The number of aryl methyl sites for hydroxylation is 1. The Morgan fingerprint density at radius 3 is 2.22 bits per heavy atom. The average Bonchev–Trinajstić information content (AvgIpc) is 3.72. The molecule has 2 bridgehead atoms. The summed E-state index contributed by atoms with van der Waals surface area (Å²) in [6.45, 7) is -0.0347. The number of ether oxygens (including phenoxy) is 2. The number of nitrogens with one attached hydrogen (secondary N) is 1. The summed E-state index contributed by atoms with van der Waals surface area (Å²) in [5.74, 6) is 0.340. The molecule has 3 saturated heterocycles. The summed E-state index contributed by atoms with van der Waals surface area (Å²) in [6.07, 6.45) is -9.00. The van der Waals surface area contributed by atoms with Crippen molar-refractivity contribution in [2.45, 2.75) is 56.0 Å². The van der Waals surface area contributed by atoms with Crippen molar-refractivity contribution in [1.82, 2.24) is 39.0 Å². The highest BCUT2D eigenvalue weighted by atomic mass is 31.2. The third kappa shape index (κ3) is 5.37. The molecule has 7 rings (SSSR count). The molecule has 2 unspecified atom stereocenters. The number of fused-ring (bicyclic) bond motifs is 5. The molecule has 3 aliphatic rings. The van der Waals surface area contributed by atoms with Crippen LogP contribution >= 0.6 is 15.6 Å². The first-order chi connectivity index (χ1) is 21.3. The molecule has 0 aromatic carbocycles. The van der Waals surface area contributed by atoms with Gasteiger partial charge in [0.25, 0.3) is 5.56 Å². The molecule has 4 aromatic rings. The lowest BCUT2D eigenvalue weighted by atomic mass is 10.1. The number of aromatic amines is 1. The van der Waals surface area contributed by atoms with Crippen LogP contribution in [-0.2, 0) is 36.7 Å². The van der Waals surface area contributed by atoms with Crippen LogP contribution in [0.5, 0.6) is 0 Å². The molecule has 0 saturated carbocycles. The topological polar surface area (TPSA) is 304 Å². The lowest BCUT2D eigenvalue weighted by Gasteiger charge is -2.25. The van der Waals surface area contributed by atoms with Crippen LogP contribution in [0.25, 0.3) is 22.3 Å². The highest BCUT2D eigenvalue weighted by Crippen LogP contribution is 2.53. The number of aromatic nitrogens is 8. The molecule has 4 aromatic heterocycles. The van der Waals surface area contributed by atoms with Crippen molar-refractivity contribution in [3.63, 3.8) is 0 Å². The fourth-order valence-corrected chi connectivity index (χ4v) is 7.29. The van der Waals surface area contributed by atoms with E-state index < -0.39 is 83.5 Å². The fraction of sp³-hybridized carbons (Fsp3) is 0.524. The van der Waals surface area contributed by atoms with E-state index in [0.717, 1.165) is 12.7 Å². The van der Waals surface area contributed by atoms with E-state index in [4.69, 9.17) is 33.3 Å². The zero-order valence-corrected chi connectivity index (χ0v) is 24.6. The van der Waals surface area contributed by atoms with Crippen LogP contribution in [0.2, 0.25) is 0 Å². The minimum atomic E-state index is -5.09. The van der Waals surface area contributed by atoms with Gasteiger partial charge >= 0.3 is 15.6 Å². The van der Waals surface area contributed by atoms with Gasteiger partial charge in [0.2, 0.25) is 0 Å². The van der Waals surface area contributed by atoms with Gasteiger partial charge in [0.1, 0.15) is 48.0 Å². The average molecular weight is 673 g/mol. The van der Waals surface area contributed by atoms with Gasteiger partial charge in [-0.15, -0.1) is 0 Å². The van der Waals surface area contributed by atoms with Crippen molar-refractivity contribution in [2.75, 3.05) is 18.9 Å². The number of nitrogen functional groups attached to an aromatic ring is 1. The second-order valence-electron chi connectivity index (χ2n) is 10.3. The Kier molecular flexibility index (Phi) is 7.39. The molecule has 45 heavy (non-hydrogen) atoms. The predicted molar refractivity (Wildman–Crippen MR) is 144 cm³/mol. The van der Waals surface area contributed by atoms with Gasteiger partial charge < -0.3 is 40.2 Å². The van der Waals surface area contributed by atoms with E-state index in [1.54, 1.807) is 6.92 Å². The summed E-state index contributed by atoms with van der Waals surface area (Å²) in [5.41, 5.74) is 5.57. The van der Waals surface area contributed by atoms with Gasteiger partial charge in [-0.3, -0.25) is 32.0 Å². The van der Waals surface area contributed by atoms with Crippen LogP contribution in [0.1, 0.15) is 18.3 Å². The number of hydrogen-bond donors (Lipinski definition) is 6. The maximum atomic E-state index is 13.2. The molecule has 0 radical (unpaired) electrons. The highest BCUT2D eigenvalue weighted by Gasteiger charge is 2.54. The Balaban J connectivity index is 1.21. The number of aliphatic hydroxyl groups is 2. The van der Waals surface area contributed by atoms with Gasteiger partial charge in [-0.25, -0.2) is 34.0 Å². The van der Waals surface area contributed by atoms with Crippen molar-refractivity contribution in [3.05, 3.63) is 35.2 Å². The maximum absolute atomic E-state index is 13.2. The number of phosphoric ester groups is 2. The van der Waals surface area contributed by atoms with Crippen molar-refractivity contribution in [3.8, 4) is 0 Å². The SMILES string of the molecule is Cc1nc(N)c2ncn([C@@H]3O[C@@H]4COP(=O)(O)O[C@@H]5[C@H](O)[C@@H](COP(=O)(O)O[C@H]4[C@H]3O)O[C@H]5n3cnc4c(=O)[nH]cnc43)c2n1. The smallest absolute Gasteiger partial charge is 0.387 e. The zero-order valence-electron chi connectivity index (χ0n) is 22.8. The number of rotatable bonds is 2. The van der Waals surface area contributed by atoms with Crippen LogP contribution < -0.4 is 11.3 Å². The number of phosphoric acid groups is 2. The molecule has 7 N–H and O–H groups in total. The van der Waals surface area contributed by atoms with E-state index in [-0.39, 0.29) is 34.0 Å². The second kappa shape index (κ2) is 10.9. The molecule has 3 fully saturated rings. The van der Waals surface area contributed by atoms with Crippen molar-refractivity contribution < 1.29 is 56.7 Å². The van der Waals surface area contributed by atoms with Gasteiger partial charge in [0, 0.05) is 0 Å². The summed E-state index contributed by atoms with van der Waals surface area (Å²) in [7, 11) is -10.1. The van der Waals surface area contributed by atoms with Gasteiger partial charge in [-0.2, -0.15) is 0 Å². The molecule has 22 nitrogen and oxygen atoms in total. The van der Waals surface area contributed by atoms with E-state index in [0.29, 0.717) is 0 Å². The molecular formula is C21H25N9O13P2. The van der Waals surface area contributed by atoms with Crippen LogP contribution in [0.3, 0.4) is 0 Å². The largest absolute Gasteiger partial charge is 0.472 e. The normalized spacial score (nSPS) is 37.7. The summed E-state index contributed by atoms with van der Waals surface area (Å²) in [4.78, 5) is 56.3. The third-order valence-electron chi connectivity index (χ3n) is 7.41. The lowest BCUT2D eigenvalue weighted by Crippen LogP contribution is -2.36. The molecule has 10 atom stereocenters. The highest BCUT2D eigenvalue weighted by molar-refractivity contribution is 7.47. The van der Waals surface area contributed by atoms with E-state index in [9.17, 15) is 33.9 Å². The molecule has 0 spiro atoms. The van der Waals surface area contributed by atoms with Gasteiger partial charge in [-0.05, 0) is 6.92 Å². The quantitative estimate of drug-likeness (QED) is 0.130. The Morgan fingerprint density at radius 1 is 0.867 bits per heavy atom. The standard InChI is InChI=1S/C21H25N9O13P2/c1-7-27-16(22)10-18(28-7)30(5-25-10)20-13(32)14-9(41-20)3-39-45(36,37)43-15-12(31)8(2-38-44(34,35)42-14)40-21(15)29-6-26-11-17(29)23-4-24-19(11)33/h4-6,8-9,12-15,20-21,31-32H,2-3H2,1H3,(H,34,35)(H,36,37)(H2,22,27,28)(H,23,24,33)/t8-,9-,12-,13-,14-,15-,20-,21-/m1/s1. The third-order valence-corrected chi connectivity index (χ3v) is 9.38. The van der Waals surface area contributed by atoms with E-state index in [1.807, 2.05) is 0 Å². The molecular weight excluding hydrogens is 648 g/mol. The van der Waals surface area contributed by atoms with E-state index >= 15 is 0 Å². The summed E-state index contributed by atoms with van der Waals surface area (Å²) < 4.78 is 61.3. The minimum absolute atomic E-state index is 0.0198. The molecule has 0 amide bonds. The molecule has 24 heteroatoms. The van der Waals surface area contributed by atoms with Crippen molar-refractivity contribution >= 4 is 43.8 Å². The first-order valence-electron chi connectivity index (χ1n) is 13.2. The first-order valence-corrected chi connectivity index (χ1v) is 16.2. The number of imidazole rings is 2. The number of hydrogen-bond acceptors (Lipinski definition) is 17. The number of aliphatic hydroxyl groups excluding tert-OH is 2. The number of nitrogens with two attached hydrogens (primary N) is 1. The number of nitrogens with zero attached hydrogens (tertiary/aromatic N) is 7. The van der Waals surface area contributed by atoms with Gasteiger partial charge in [-0.1, -0.05) is 0 Å². The summed E-state index contributed by atoms with van der Waals surface area (Å²) in [6, 6.07) is 0. The Bertz CT molecular complexity index is 1930. The predicted octanol–water partition coefficient (Wildman–Crippen LogP) is -1.62. The van der Waals surface area contributed by atoms with Crippen LogP contribution in [0.4, 0.5) is 5.82 Å². The first kappa shape index (κ1) is 30.4. The van der Waals surface area contributed by atoms with Crippen LogP contribution in [0.15, 0.2) is 23.8 Å². The van der Waals surface area contributed by atoms with Crippen molar-refractivity contribution in [2.24, 2.45) is 0 Å². The maximum Gasteiger partial charge on any atom is 0.472 e. The molecule has 0 aliphatic carbocycles. The Morgan fingerprint density at radius 2 is 1.49 bits per heavy atom. The zero-order chi connectivity index (χ0) is 31.8. The second-order valence-corrected chi connectivity index (χ2v) is 13.1. The lowest BCUT2D eigenvalue weighted by molar-refractivity contribution is -0.0672. The minimum Gasteiger partial charge on any atom is -0.387 e. The molecule has 3 aliphatic heterocycles. The monoisotopic (exact) mass is 673 g/mol. The summed E-state index contributed by atoms with van der Waals surface area (Å²) in [5, 5.41) is 22.2. The van der Waals surface area contributed by atoms with Crippen molar-refractivity contribution in [1.29, 1.82) is 0 Å². The van der Waals surface area contributed by atoms with Crippen LogP contribution in [0, 0.1) is 6.92 Å².